The van der Waals surface area contributed by atoms with Gasteiger partial charge in [0.1, 0.15) is 11.5 Å². The number of methoxy groups -OCH3 is 2. The van der Waals surface area contributed by atoms with E-state index >= 15 is 0 Å². The molecule has 0 radical (unpaired) electrons. The summed E-state index contributed by atoms with van der Waals surface area (Å²) in [5.74, 6) is 2.00. The van der Waals surface area contributed by atoms with Crippen LogP contribution in [-0.2, 0) is 32.5 Å². The molecule has 0 atom stereocenters. The van der Waals surface area contributed by atoms with Gasteiger partial charge in [0.25, 0.3) is 6.71 Å². The lowest BCUT2D eigenvalue weighted by Crippen LogP contribution is -2.61. The summed E-state index contributed by atoms with van der Waals surface area (Å²) in [6, 6.07) is 86.0. The number of hydrogen-bond acceptors (Lipinski definition) is 4. The molecule has 103 heavy (non-hydrogen) atoms. The van der Waals surface area contributed by atoms with Gasteiger partial charge in [0.05, 0.1) is 25.6 Å². The molecular weight excluding hydrogens is 1250 g/mol. The van der Waals surface area contributed by atoms with Gasteiger partial charge in [-0.15, -0.1) is 0 Å². The summed E-state index contributed by atoms with van der Waals surface area (Å²) in [7, 11) is 3.55. The van der Waals surface area contributed by atoms with Gasteiger partial charge < -0.3 is 19.3 Å². The molecule has 4 nitrogen and oxygen atoms in total. The van der Waals surface area contributed by atoms with Crippen LogP contribution in [-0.4, -0.2) is 20.9 Å². The van der Waals surface area contributed by atoms with Crippen molar-refractivity contribution in [2.24, 2.45) is 0 Å². The van der Waals surface area contributed by atoms with E-state index in [-0.39, 0.29) is 39.2 Å². The second-order valence-corrected chi connectivity index (χ2v) is 36.1. The SMILES string of the molecule is COc1cccc(-c2ccc3c(c2)B2c4cc(-c5cccc(OC)c5)ccc4N(c4c(-c5ccc(C(C)(C)C)cc5)cc(C(C)(C)C)cc4-c4ccc(C(C)(C)C)cc4)c4cc(C5CCCCC5)cc(c42)N3c2c(-c3ccc(C(C)(C)C)cc3)cc(C(C)(C)C)cc2-c2ccc(C(C)(C)C)cc2)c1. The molecule has 11 aromatic carbocycles. The first-order chi connectivity index (χ1) is 48.7. The van der Waals surface area contributed by atoms with Crippen LogP contribution in [0.3, 0.4) is 0 Å². The number of nitrogens with zero attached hydrogens (tertiary/aromatic N) is 2. The highest BCUT2D eigenvalue weighted by Crippen LogP contribution is 2.56. The number of benzene rings is 11. The van der Waals surface area contributed by atoms with Gasteiger partial charge >= 0.3 is 0 Å². The Hall–Kier alpha value is -9.32. The summed E-state index contributed by atoms with van der Waals surface area (Å²) in [4.78, 5) is 5.55. The third kappa shape index (κ3) is 13.6. The van der Waals surface area contributed by atoms with Gasteiger partial charge in [0, 0.05) is 45.0 Å². The Morgan fingerprint density at radius 1 is 0.291 bits per heavy atom. The van der Waals surface area contributed by atoms with Gasteiger partial charge in [-0.25, -0.2) is 0 Å². The molecule has 0 aromatic heterocycles. The molecular formula is C98H107BN2O2. The number of ether oxygens (including phenoxy) is 2. The quantitative estimate of drug-likeness (QED) is 0.121. The topological polar surface area (TPSA) is 24.9 Å². The van der Waals surface area contributed by atoms with E-state index in [4.69, 9.17) is 9.47 Å². The van der Waals surface area contributed by atoms with Crippen molar-refractivity contribution < 1.29 is 9.47 Å². The monoisotopic (exact) mass is 1350 g/mol. The average molecular weight is 1360 g/mol. The first kappa shape index (κ1) is 70.7. The highest BCUT2D eigenvalue weighted by atomic mass is 16.5. The standard InChI is InChI=1S/C98H107BN2O2/c1-93(2,3)72-42-32-63(33-43-72)80-58-76(97(13,14)15)59-81(64-34-44-73(45-35-64)94(4,5)6)91(80)100-86-50-40-69(67-28-24-30-78(52-67)102-19)54-84(86)99-85-55-70(68-29-25-31-79(53-68)103-20)41-51-87(85)101(89-57-71(56-88(100)90(89)99)62-26-22-21-23-27-62)92-82(65-36-46-74(47-37-65)95(7,8)9)60-77(98(16,17)18)61-83(92)66-38-48-75(49-39-66)96(10,11)12/h24-25,28-62H,21-23,26-27H2,1-20H3. The molecule has 5 heteroatoms. The Bertz CT molecular complexity index is 4540. The van der Waals surface area contributed by atoms with Crippen LogP contribution in [0.15, 0.2) is 218 Å². The summed E-state index contributed by atoms with van der Waals surface area (Å²) < 4.78 is 12.1. The molecule has 0 spiro atoms. The van der Waals surface area contributed by atoms with E-state index in [9.17, 15) is 0 Å². The minimum Gasteiger partial charge on any atom is -0.497 e. The highest BCUT2D eigenvalue weighted by Gasteiger charge is 2.47. The van der Waals surface area contributed by atoms with Gasteiger partial charge in [-0.05, 0) is 224 Å². The third-order valence-electron chi connectivity index (χ3n) is 22.6. The van der Waals surface area contributed by atoms with Crippen LogP contribution >= 0.6 is 0 Å². The summed E-state index contributed by atoms with van der Waals surface area (Å²) in [6.07, 6.45) is 5.93. The predicted molar refractivity (Wildman–Crippen MR) is 444 cm³/mol. The van der Waals surface area contributed by atoms with Crippen LogP contribution in [0, 0.1) is 0 Å². The molecule has 14 rings (SSSR count). The molecule has 2 aliphatic heterocycles. The van der Waals surface area contributed by atoms with Crippen LogP contribution in [0.5, 0.6) is 11.5 Å². The Morgan fingerprint density at radius 2 is 0.583 bits per heavy atom. The molecule has 2 heterocycles. The van der Waals surface area contributed by atoms with Crippen molar-refractivity contribution >= 4 is 57.2 Å². The van der Waals surface area contributed by atoms with E-state index in [1.807, 2.05) is 0 Å². The van der Waals surface area contributed by atoms with Gasteiger partial charge in [-0.3, -0.25) is 0 Å². The van der Waals surface area contributed by atoms with E-state index in [1.54, 1.807) is 14.2 Å². The fraction of sp³-hybridized carbons (Fsp3) is 0.327. The van der Waals surface area contributed by atoms with Crippen molar-refractivity contribution in [2.75, 3.05) is 24.0 Å². The zero-order valence-corrected chi connectivity index (χ0v) is 65.2. The molecule has 0 bridgehead atoms. The maximum absolute atomic E-state index is 6.03. The maximum atomic E-state index is 6.03. The van der Waals surface area contributed by atoms with Crippen molar-refractivity contribution in [3.63, 3.8) is 0 Å². The molecule has 1 fully saturated rings. The fourth-order valence-electron chi connectivity index (χ4n) is 16.2. The van der Waals surface area contributed by atoms with Gasteiger partial charge in [0.2, 0.25) is 0 Å². The highest BCUT2D eigenvalue weighted by molar-refractivity contribution is 7.00. The van der Waals surface area contributed by atoms with Gasteiger partial charge in [-0.1, -0.05) is 289 Å². The largest absolute Gasteiger partial charge is 0.497 e. The van der Waals surface area contributed by atoms with E-state index in [0.717, 1.165) is 46.6 Å². The molecule has 0 amide bonds. The number of rotatable bonds is 11. The van der Waals surface area contributed by atoms with Crippen LogP contribution in [0.1, 0.15) is 202 Å². The number of fused-ring (bicyclic) bond motifs is 4. The first-order valence-electron chi connectivity index (χ1n) is 37.9. The molecule has 0 N–H and O–H groups in total. The van der Waals surface area contributed by atoms with Crippen molar-refractivity contribution in [3.8, 4) is 78.3 Å². The zero-order chi connectivity index (χ0) is 73.0. The van der Waals surface area contributed by atoms with Gasteiger partial charge in [-0.2, -0.15) is 0 Å². The molecule has 1 saturated carbocycles. The van der Waals surface area contributed by atoms with Crippen molar-refractivity contribution in [2.45, 2.75) is 195 Å². The van der Waals surface area contributed by atoms with E-state index in [1.165, 1.54) is 153 Å². The minimum absolute atomic E-state index is 0.0400. The molecule has 0 saturated heterocycles. The van der Waals surface area contributed by atoms with E-state index in [0.29, 0.717) is 5.92 Å². The third-order valence-corrected chi connectivity index (χ3v) is 22.6. The second kappa shape index (κ2) is 26.4. The maximum Gasteiger partial charge on any atom is 0.252 e. The lowest BCUT2D eigenvalue weighted by Gasteiger charge is -2.46. The molecule has 11 aromatic rings. The lowest BCUT2D eigenvalue weighted by atomic mass is 9.33. The smallest absolute Gasteiger partial charge is 0.252 e. The lowest BCUT2D eigenvalue weighted by molar-refractivity contribution is 0.415. The minimum atomic E-state index is -0.241. The first-order valence-corrected chi connectivity index (χ1v) is 37.9. The average Bonchev–Trinajstić information content (AvgIpc) is 0.686. The summed E-state index contributed by atoms with van der Waals surface area (Å²) in [6.45, 7) is 42.0. The van der Waals surface area contributed by atoms with Crippen molar-refractivity contribution in [3.05, 3.63) is 257 Å². The Morgan fingerprint density at radius 3 is 0.874 bits per heavy atom. The van der Waals surface area contributed by atoms with Crippen LogP contribution < -0.4 is 35.7 Å². The van der Waals surface area contributed by atoms with Gasteiger partial charge in [0.15, 0.2) is 0 Å². The Labute approximate surface area is 617 Å². The predicted octanol–water partition coefficient (Wildman–Crippen LogP) is 25.6. The van der Waals surface area contributed by atoms with E-state index in [2.05, 4.69) is 353 Å². The Kier molecular flexibility index (Phi) is 18.1. The number of anilines is 6. The van der Waals surface area contributed by atoms with Crippen LogP contribution in [0.25, 0.3) is 66.8 Å². The zero-order valence-electron chi connectivity index (χ0n) is 65.2. The normalized spacial score (nSPS) is 14.3. The molecule has 3 aliphatic rings. The molecule has 1 aliphatic carbocycles. The summed E-state index contributed by atoms with van der Waals surface area (Å²) in [5, 5.41) is 0. The summed E-state index contributed by atoms with van der Waals surface area (Å²) in [5.41, 5.74) is 33.6. The van der Waals surface area contributed by atoms with E-state index < -0.39 is 0 Å². The summed E-state index contributed by atoms with van der Waals surface area (Å²) >= 11 is 0. The molecule has 524 valence electrons. The second-order valence-electron chi connectivity index (χ2n) is 36.1. The molecule has 0 unspecified atom stereocenters. The van der Waals surface area contributed by atoms with Crippen molar-refractivity contribution in [1.29, 1.82) is 0 Å². The van der Waals surface area contributed by atoms with Crippen molar-refractivity contribution in [1.82, 2.24) is 0 Å². The van der Waals surface area contributed by atoms with Crippen LogP contribution in [0.4, 0.5) is 34.1 Å². The van der Waals surface area contributed by atoms with Crippen LogP contribution in [0.2, 0.25) is 0 Å². The number of hydrogen-bond donors (Lipinski definition) is 0. The fourth-order valence-corrected chi connectivity index (χ4v) is 16.2. The Balaban J connectivity index is 1.20.